The minimum absolute atomic E-state index is 0.221. The molecule has 3 heterocycles. The summed E-state index contributed by atoms with van der Waals surface area (Å²) >= 11 is 0. The first-order valence-electron chi connectivity index (χ1n) is 10.0. The number of ether oxygens (including phenoxy) is 2. The Morgan fingerprint density at radius 3 is 2.43 bits per heavy atom. The topological polar surface area (TPSA) is 88.1 Å². The molecule has 0 bridgehead atoms. The summed E-state index contributed by atoms with van der Waals surface area (Å²) in [5.41, 5.74) is 1.84. The number of methoxy groups -OCH3 is 1. The fourth-order valence-corrected chi connectivity index (χ4v) is 5.44. The number of nitrogens with zero attached hydrogens (tertiary/aromatic N) is 5. The molecule has 0 unspecified atom stereocenters. The lowest BCUT2D eigenvalue weighted by Crippen LogP contribution is -2.48. The number of aromatic nitrogens is 2. The molecule has 4 rings (SSSR count). The van der Waals surface area contributed by atoms with E-state index in [0.29, 0.717) is 45.1 Å². The quantitative estimate of drug-likeness (QED) is 0.694. The van der Waals surface area contributed by atoms with Gasteiger partial charge in [0.2, 0.25) is 10.0 Å². The summed E-state index contributed by atoms with van der Waals surface area (Å²) in [5.74, 6) is 1.20. The first-order chi connectivity index (χ1) is 14.5. The third-order valence-corrected chi connectivity index (χ3v) is 7.42. The third-order valence-electron chi connectivity index (χ3n) is 5.50. The van der Waals surface area contributed by atoms with Crippen LogP contribution in [0.5, 0.6) is 5.75 Å². The van der Waals surface area contributed by atoms with Crippen molar-refractivity contribution in [1.82, 2.24) is 14.5 Å². The summed E-state index contributed by atoms with van der Waals surface area (Å²) in [4.78, 5) is 4.53. The number of piperazine rings is 1. The van der Waals surface area contributed by atoms with Crippen molar-refractivity contribution in [1.29, 1.82) is 0 Å². The summed E-state index contributed by atoms with van der Waals surface area (Å²) in [6, 6.07) is 7.24. The molecule has 2 fully saturated rings. The van der Waals surface area contributed by atoms with E-state index in [1.54, 1.807) is 18.3 Å². The van der Waals surface area contributed by atoms with Crippen LogP contribution in [0.4, 0.5) is 11.5 Å². The van der Waals surface area contributed by atoms with E-state index in [1.165, 1.54) is 11.4 Å². The SMILES string of the molecule is COc1ccc(C)cc1S(=O)(=O)N1CCN(c2cnnc(N3CCOCC3)c2)CC1. The molecule has 2 aliphatic rings. The molecule has 2 saturated heterocycles. The molecule has 2 aliphatic heterocycles. The number of anilines is 2. The van der Waals surface area contributed by atoms with Gasteiger partial charge in [-0.1, -0.05) is 6.07 Å². The summed E-state index contributed by atoms with van der Waals surface area (Å²) in [6.07, 6.45) is 1.73. The molecule has 0 saturated carbocycles. The van der Waals surface area contributed by atoms with Crippen LogP contribution in [0.15, 0.2) is 35.4 Å². The van der Waals surface area contributed by atoms with Crippen LogP contribution in [0.1, 0.15) is 5.56 Å². The fraction of sp³-hybridized carbons (Fsp3) is 0.500. The molecule has 0 spiro atoms. The molecule has 2 aromatic rings. The van der Waals surface area contributed by atoms with Gasteiger partial charge < -0.3 is 19.3 Å². The molecule has 10 heteroatoms. The van der Waals surface area contributed by atoms with Crippen molar-refractivity contribution in [3.8, 4) is 5.75 Å². The third kappa shape index (κ3) is 4.21. The largest absolute Gasteiger partial charge is 0.495 e. The van der Waals surface area contributed by atoms with Crippen LogP contribution in [0.2, 0.25) is 0 Å². The predicted molar refractivity (Wildman–Crippen MR) is 114 cm³/mol. The average Bonchev–Trinajstić information content (AvgIpc) is 2.80. The van der Waals surface area contributed by atoms with E-state index >= 15 is 0 Å². The van der Waals surface area contributed by atoms with Crippen LogP contribution in [0.25, 0.3) is 0 Å². The Bertz CT molecular complexity index is 986. The fourth-order valence-electron chi connectivity index (χ4n) is 3.78. The Balaban J connectivity index is 1.47. The summed E-state index contributed by atoms with van der Waals surface area (Å²) in [5, 5.41) is 8.41. The number of benzene rings is 1. The standard InChI is InChI=1S/C20H27N5O4S/c1-16-3-4-18(28-2)19(13-16)30(26,27)25-7-5-23(6-8-25)17-14-20(22-21-15-17)24-9-11-29-12-10-24/h3-4,13-15H,5-12H2,1-2H3. The van der Waals surface area contributed by atoms with Crippen molar-refractivity contribution in [2.45, 2.75) is 11.8 Å². The second-order valence-corrected chi connectivity index (χ2v) is 9.32. The lowest BCUT2D eigenvalue weighted by molar-refractivity contribution is 0.122. The van der Waals surface area contributed by atoms with Crippen molar-refractivity contribution in [3.63, 3.8) is 0 Å². The van der Waals surface area contributed by atoms with Gasteiger partial charge in [-0.05, 0) is 24.6 Å². The Labute approximate surface area is 177 Å². The molecule has 162 valence electrons. The minimum atomic E-state index is -3.63. The van der Waals surface area contributed by atoms with E-state index in [0.717, 1.165) is 30.2 Å². The maximum atomic E-state index is 13.2. The summed E-state index contributed by atoms with van der Waals surface area (Å²) in [6.45, 7) is 6.80. The van der Waals surface area contributed by atoms with Gasteiger partial charge >= 0.3 is 0 Å². The number of rotatable bonds is 5. The number of hydrogen-bond donors (Lipinski definition) is 0. The zero-order valence-electron chi connectivity index (χ0n) is 17.3. The molecule has 9 nitrogen and oxygen atoms in total. The molecular weight excluding hydrogens is 406 g/mol. The van der Waals surface area contributed by atoms with Crippen LogP contribution in [0.3, 0.4) is 0 Å². The molecule has 1 aromatic heterocycles. The maximum absolute atomic E-state index is 13.2. The van der Waals surface area contributed by atoms with Crippen LogP contribution in [0, 0.1) is 6.92 Å². The van der Waals surface area contributed by atoms with Crippen molar-refractivity contribution in [3.05, 3.63) is 36.0 Å². The Morgan fingerprint density at radius 2 is 1.73 bits per heavy atom. The minimum Gasteiger partial charge on any atom is -0.495 e. The first-order valence-corrected chi connectivity index (χ1v) is 11.5. The average molecular weight is 434 g/mol. The molecule has 0 aliphatic carbocycles. The van der Waals surface area contributed by atoms with Crippen LogP contribution in [-0.2, 0) is 14.8 Å². The molecule has 1 aromatic carbocycles. The van der Waals surface area contributed by atoms with Gasteiger partial charge in [0, 0.05) is 45.3 Å². The zero-order chi connectivity index (χ0) is 21.1. The second kappa shape index (κ2) is 8.75. The van der Waals surface area contributed by atoms with Crippen LogP contribution in [-0.4, -0.2) is 82.5 Å². The molecular formula is C20H27N5O4S. The van der Waals surface area contributed by atoms with Gasteiger partial charge in [-0.2, -0.15) is 9.40 Å². The van der Waals surface area contributed by atoms with E-state index in [1.807, 2.05) is 19.1 Å². The lowest BCUT2D eigenvalue weighted by atomic mass is 10.2. The normalized spacial score (nSPS) is 18.5. The van der Waals surface area contributed by atoms with Crippen LogP contribution < -0.4 is 14.5 Å². The number of aryl methyl sites for hydroxylation is 1. The zero-order valence-corrected chi connectivity index (χ0v) is 18.1. The van der Waals surface area contributed by atoms with E-state index in [4.69, 9.17) is 9.47 Å². The van der Waals surface area contributed by atoms with Crippen LogP contribution >= 0.6 is 0 Å². The molecule has 0 radical (unpaired) electrons. The van der Waals surface area contributed by atoms with Gasteiger partial charge in [0.1, 0.15) is 10.6 Å². The number of sulfonamides is 1. The first kappa shape index (κ1) is 20.8. The Hall–Kier alpha value is -2.43. The van der Waals surface area contributed by atoms with Gasteiger partial charge in [0.25, 0.3) is 0 Å². The number of hydrogen-bond acceptors (Lipinski definition) is 8. The van der Waals surface area contributed by atoms with E-state index in [2.05, 4.69) is 20.0 Å². The van der Waals surface area contributed by atoms with E-state index < -0.39 is 10.0 Å². The maximum Gasteiger partial charge on any atom is 0.246 e. The molecule has 0 amide bonds. The molecule has 0 N–H and O–H groups in total. The van der Waals surface area contributed by atoms with Gasteiger partial charge in [-0.25, -0.2) is 8.42 Å². The van der Waals surface area contributed by atoms with Crippen molar-refractivity contribution in [2.75, 3.05) is 69.4 Å². The van der Waals surface area contributed by atoms with Crippen molar-refractivity contribution >= 4 is 21.5 Å². The van der Waals surface area contributed by atoms with Gasteiger partial charge in [0.05, 0.1) is 32.2 Å². The van der Waals surface area contributed by atoms with Crippen molar-refractivity contribution in [2.24, 2.45) is 0 Å². The smallest absolute Gasteiger partial charge is 0.246 e. The van der Waals surface area contributed by atoms with Gasteiger partial charge in [-0.3, -0.25) is 0 Å². The highest BCUT2D eigenvalue weighted by atomic mass is 32.2. The van der Waals surface area contributed by atoms with E-state index in [9.17, 15) is 8.42 Å². The molecule has 30 heavy (non-hydrogen) atoms. The van der Waals surface area contributed by atoms with Gasteiger partial charge in [0.15, 0.2) is 5.82 Å². The predicted octanol–water partition coefficient (Wildman–Crippen LogP) is 1.14. The highest BCUT2D eigenvalue weighted by Crippen LogP contribution is 2.29. The lowest BCUT2D eigenvalue weighted by Gasteiger charge is -2.36. The Morgan fingerprint density at radius 1 is 1.00 bits per heavy atom. The highest BCUT2D eigenvalue weighted by Gasteiger charge is 2.31. The summed E-state index contributed by atoms with van der Waals surface area (Å²) in [7, 11) is -2.14. The highest BCUT2D eigenvalue weighted by molar-refractivity contribution is 7.89. The van der Waals surface area contributed by atoms with Gasteiger partial charge in [-0.15, -0.1) is 5.10 Å². The monoisotopic (exact) mass is 433 g/mol. The summed E-state index contributed by atoms with van der Waals surface area (Å²) < 4.78 is 38.6. The van der Waals surface area contributed by atoms with Crippen molar-refractivity contribution < 1.29 is 17.9 Å². The van der Waals surface area contributed by atoms with E-state index in [-0.39, 0.29) is 4.90 Å². The second-order valence-electron chi connectivity index (χ2n) is 7.42. The number of morpholine rings is 1. The Kier molecular flexibility index (Phi) is 6.07. The molecule has 0 atom stereocenters.